The first kappa shape index (κ1) is 24.3. The Balaban J connectivity index is 1.40. The molecule has 4 aromatic rings. The van der Waals surface area contributed by atoms with E-state index in [-0.39, 0.29) is 18.1 Å². The number of thiazole rings is 1. The summed E-state index contributed by atoms with van der Waals surface area (Å²) >= 11 is 1.57. The number of rotatable bonds is 8. The molecule has 0 unspecified atom stereocenters. The number of benzene rings is 2. The fraction of sp³-hybridized carbons (Fsp3) is 0.357. The van der Waals surface area contributed by atoms with E-state index >= 15 is 0 Å². The summed E-state index contributed by atoms with van der Waals surface area (Å²) in [6.07, 6.45) is 4.51. The maximum atomic E-state index is 12.1. The summed E-state index contributed by atoms with van der Waals surface area (Å²) in [5.41, 5.74) is 4.45. The van der Waals surface area contributed by atoms with E-state index in [1.807, 2.05) is 30.3 Å². The first-order valence-electron chi connectivity index (χ1n) is 12.5. The van der Waals surface area contributed by atoms with Crippen LogP contribution in [0.1, 0.15) is 64.9 Å². The second-order valence-electron chi connectivity index (χ2n) is 9.17. The van der Waals surface area contributed by atoms with Gasteiger partial charge in [-0.2, -0.15) is 0 Å². The molecule has 0 spiro atoms. The van der Waals surface area contributed by atoms with Crippen molar-refractivity contribution >= 4 is 33.5 Å². The van der Waals surface area contributed by atoms with E-state index in [0.717, 1.165) is 58.7 Å². The smallest absolute Gasteiger partial charge is 0.338 e. The highest BCUT2D eigenvalue weighted by molar-refractivity contribution is 7.18. The molecular formula is C28H30N4O3S. The van der Waals surface area contributed by atoms with Crippen LogP contribution in [0.15, 0.2) is 54.6 Å². The first-order valence-corrected chi connectivity index (χ1v) is 13.3. The third-order valence-electron chi connectivity index (χ3n) is 6.37. The normalized spacial score (nSPS) is 17.7. The number of carbonyl (C=O) groups is 1. The number of anilines is 1. The van der Waals surface area contributed by atoms with Gasteiger partial charge in [-0.05, 0) is 62.4 Å². The van der Waals surface area contributed by atoms with Crippen LogP contribution in [0.2, 0.25) is 0 Å². The number of nitrogens with zero attached hydrogens (tertiary/aromatic N) is 3. The molecule has 5 rings (SSSR count). The molecule has 186 valence electrons. The highest BCUT2D eigenvalue weighted by Gasteiger charge is 2.20. The molecule has 2 aromatic heterocycles. The Labute approximate surface area is 214 Å². The van der Waals surface area contributed by atoms with Gasteiger partial charge >= 0.3 is 5.97 Å². The summed E-state index contributed by atoms with van der Waals surface area (Å²) in [5.74, 6) is 0.312. The second-order valence-corrected chi connectivity index (χ2v) is 10.3. The number of aliphatic hydroxyl groups excluding tert-OH is 1. The second kappa shape index (κ2) is 11.1. The molecule has 7 nitrogen and oxygen atoms in total. The Kier molecular flexibility index (Phi) is 7.53. The van der Waals surface area contributed by atoms with E-state index in [1.165, 1.54) is 5.56 Å². The van der Waals surface area contributed by atoms with Crippen LogP contribution in [-0.4, -0.2) is 44.8 Å². The van der Waals surface area contributed by atoms with Crippen molar-refractivity contribution in [3.63, 3.8) is 0 Å². The summed E-state index contributed by atoms with van der Waals surface area (Å²) in [5, 5.41) is 14.3. The number of ether oxygens (including phenoxy) is 1. The molecule has 1 aliphatic carbocycles. The van der Waals surface area contributed by atoms with Gasteiger partial charge in [0.05, 0.1) is 44.9 Å². The Morgan fingerprint density at radius 2 is 1.75 bits per heavy atom. The van der Waals surface area contributed by atoms with Crippen LogP contribution in [0.3, 0.4) is 0 Å². The van der Waals surface area contributed by atoms with Crippen molar-refractivity contribution in [1.82, 2.24) is 15.0 Å². The van der Waals surface area contributed by atoms with E-state index in [4.69, 9.17) is 19.7 Å². The number of aromatic nitrogens is 3. The van der Waals surface area contributed by atoms with Crippen molar-refractivity contribution < 1.29 is 14.6 Å². The first-order chi connectivity index (χ1) is 17.6. The minimum absolute atomic E-state index is 0.202. The molecule has 2 aromatic carbocycles. The van der Waals surface area contributed by atoms with Gasteiger partial charge in [-0.3, -0.25) is 0 Å². The molecular weight excluding hydrogens is 472 g/mol. The number of fused-ring (bicyclic) bond motifs is 1. The zero-order valence-electron chi connectivity index (χ0n) is 20.3. The van der Waals surface area contributed by atoms with Gasteiger partial charge in [0.15, 0.2) is 0 Å². The van der Waals surface area contributed by atoms with Crippen LogP contribution in [0.5, 0.6) is 0 Å². The van der Waals surface area contributed by atoms with Crippen molar-refractivity contribution in [3.05, 3.63) is 82.1 Å². The minimum Gasteiger partial charge on any atom is -0.462 e. The molecule has 2 N–H and O–H groups in total. The van der Waals surface area contributed by atoms with Crippen LogP contribution in [-0.2, 0) is 17.6 Å². The highest BCUT2D eigenvalue weighted by Crippen LogP contribution is 2.26. The molecule has 0 bridgehead atoms. The number of hydrogen-bond donors (Lipinski definition) is 2. The zero-order chi connectivity index (χ0) is 24.9. The summed E-state index contributed by atoms with van der Waals surface area (Å²) in [6.45, 7) is 2.15. The van der Waals surface area contributed by atoms with Gasteiger partial charge in [0.25, 0.3) is 0 Å². The molecule has 2 heterocycles. The highest BCUT2D eigenvalue weighted by atomic mass is 32.1. The van der Waals surface area contributed by atoms with Gasteiger partial charge in [-0.25, -0.2) is 19.7 Å². The number of carbonyl (C=O) groups excluding carboxylic acids is 1. The molecule has 8 heteroatoms. The third kappa shape index (κ3) is 6.06. The van der Waals surface area contributed by atoms with Crippen LogP contribution < -0.4 is 5.32 Å². The maximum Gasteiger partial charge on any atom is 0.338 e. The summed E-state index contributed by atoms with van der Waals surface area (Å²) in [4.78, 5) is 26.5. The van der Waals surface area contributed by atoms with Gasteiger partial charge in [-0.1, -0.05) is 30.3 Å². The van der Waals surface area contributed by atoms with Crippen LogP contribution in [0.25, 0.3) is 10.2 Å². The average Bonchev–Trinajstić information content (AvgIpc) is 3.27. The van der Waals surface area contributed by atoms with Gasteiger partial charge in [0.1, 0.15) is 0 Å². The van der Waals surface area contributed by atoms with Gasteiger partial charge < -0.3 is 15.2 Å². The quantitative estimate of drug-likeness (QED) is 0.321. The van der Waals surface area contributed by atoms with E-state index in [2.05, 4.69) is 23.5 Å². The zero-order valence-corrected chi connectivity index (χ0v) is 21.1. The van der Waals surface area contributed by atoms with Gasteiger partial charge in [0, 0.05) is 18.9 Å². The Bertz CT molecular complexity index is 1330. The Hall–Kier alpha value is -3.36. The number of hydrogen-bond acceptors (Lipinski definition) is 8. The van der Waals surface area contributed by atoms with Crippen LogP contribution >= 0.6 is 11.3 Å². The van der Waals surface area contributed by atoms with Crippen LogP contribution in [0.4, 0.5) is 5.95 Å². The minimum atomic E-state index is -0.318. The molecule has 0 atom stereocenters. The molecule has 36 heavy (non-hydrogen) atoms. The molecule has 1 aliphatic rings. The predicted molar refractivity (Wildman–Crippen MR) is 142 cm³/mol. The van der Waals surface area contributed by atoms with Crippen LogP contribution in [0, 0.1) is 0 Å². The lowest BCUT2D eigenvalue weighted by atomic mass is 9.93. The largest absolute Gasteiger partial charge is 0.462 e. The standard InChI is InChI=1S/C28H30N4O3S/c1-2-35-27(34)19-8-13-24-25(15-19)36-26(32-24)17-22-16-21(14-18-6-4-3-5-7-18)30-28(31-22)29-20-9-11-23(33)12-10-20/h3-8,13,15-16,20,23,33H,2,9-12,14,17H2,1H3,(H,29,30,31). The molecule has 0 saturated heterocycles. The number of aliphatic hydroxyl groups is 1. The molecule has 0 radical (unpaired) electrons. The summed E-state index contributed by atoms with van der Waals surface area (Å²) in [6, 6.07) is 18.1. The number of nitrogens with one attached hydrogen (secondary N) is 1. The van der Waals surface area contributed by atoms with Crippen molar-refractivity contribution in [3.8, 4) is 0 Å². The lowest BCUT2D eigenvalue weighted by Gasteiger charge is -2.26. The van der Waals surface area contributed by atoms with Crippen molar-refractivity contribution in [2.45, 2.75) is 57.6 Å². The lowest BCUT2D eigenvalue weighted by molar-refractivity contribution is 0.0526. The fourth-order valence-electron chi connectivity index (χ4n) is 4.55. The van der Waals surface area contributed by atoms with Crippen molar-refractivity contribution in [2.75, 3.05) is 11.9 Å². The third-order valence-corrected chi connectivity index (χ3v) is 7.38. The monoisotopic (exact) mass is 502 g/mol. The van der Waals surface area contributed by atoms with E-state index < -0.39 is 0 Å². The Morgan fingerprint density at radius 3 is 2.50 bits per heavy atom. The SMILES string of the molecule is CCOC(=O)c1ccc2nc(Cc3cc(Cc4ccccc4)nc(NC4CCC(O)CC4)n3)sc2c1. The average molecular weight is 503 g/mol. The van der Waals surface area contributed by atoms with Gasteiger partial charge in [0.2, 0.25) is 5.95 Å². The van der Waals surface area contributed by atoms with E-state index in [0.29, 0.717) is 24.5 Å². The van der Waals surface area contributed by atoms with Gasteiger partial charge in [-0.15, -0.1) is 11.3 Å². The molecule has 1 saturated carbocycles. The van der Waals surface area contributed by atoms with E-state index in [1.54, 1.807) is 24.3 Å². The summed E-state index contributed by atoms with van der Waals surface area (Å²) < 4.78 is 6.08. The fourth-order valence-corrected chi connectivity index (χ4v) is 5.57. The predicted octanol–water partition coefficient (Wildman–Crippen LogP) is 5.16. The number of esters is 1. The molecule has 0 amide bonds. The van der Waals surface area contributed by atoms with Crippen molar-refractivity contribution in [2.24, 2.45) is 0 Å². The Morgan fingerprint density at radius 1 is 1.00 bits per heavy atom. The molecule has 0 aliphatic heterocycles. The lowest BCUT2D eigenvalue weighted by Crippen LogP contribution is -2.29. The van der Waals surface area contributed by atoms with E-state index in [9.17, 15) is 9.90 Å². The van der Waals surface area contributed by atoms with Crippen molar-refractivity contribution in [1.29, 1.82) is 0 Å². The molecule has 1 fully saturated rings. The summed E-state index contributed by atoms with van der Waals surface area (Å²) in [7, 11) is 0. The topological polar surface area (TPSA) is 97.2 Å². The maximum absolute atomic E-state index is 12.1.